The molecule has 2 unspecified atom stereocenters. The monoisotopic (exact) mass is 441 g/mol. The van der Waals surface area contributed by atoms with Crippen molar-refractivity contribution < 1.29 is 14.4 Å². The summed E-state index contributed by atoms with van der Waals surface area (Å²) >= 11 is 0. The average molecular weight is 441 g/mol. The Hall–Kier alpha value is -4.25. The molecule has 8 heteroatoms. The number of nitriles is 1. The van der Waals surface area contributed by atoms with Gasteiger partial charge in [0.05, 0.1) is 24.1 Å². The van der Waals surface area contributed by atoms with Gasteiger partial charge in [-0.1, -0.05) is 42.5 Å². The minimum absolute atomic E-state index is 0.133. The number of likely N-dealkylation sites (N-methyl/N-ethyl adjacent to an activating group) is 1. The van der Waals surface area contributed by atoms with E-state index < -0.39 is 12.0 Å². The third kappa shape index (κ3) is 4.67. The summed E-state index contributed by atoms with van der Waals surface area (Å²) in [5, 5.41) is 14.0. The summed E-state index contributed by atoms with van der Waals surface area (Å²) in [7, 11) is 1.54. The standard InChI is InChI=1S/C25H23N5O3/c1-29(25(33)22-14-27-13-17-7-5-6-10-21(17)22)16-23(31)30-15-18(11-20(30)12-26)24(32)28-19-8-3-2-4-9-19/h2-10,13-14,18,20H,11,15-16H2,1H3,(H,28,32). The van der Waals surface area contributed by atoms with E-state index in [0.29, 0.717) is 11.3 Å². The minimum atomic E-state index is -0.716. The van der Waals surface area contributed by atoms with Crippen LogP contribution in [0.25, 0.3) is 10.8 Å². The summed E-state index contributed by atoms with van der Waals surface area (Å²) in [6.07, 6.45) is 3.43. The van der Waals surface area contributed by atoms with Crippen molar-refractivity contribution in [2.45, 2.75) is 12.5 Å². The van der Waals surface area contributed by atoms with Crippen molar-refractivity contribution in [3.63, 3.8) is 0 Å². The van der Waals surface area contributed by atoms with Crippen molar-refractivity contribution in [3.05, 3.63) is 72.6 Å². The van der Waals surface area contributed by atoms with Gasteiger partial charge in [0.25, 0.3) is 5.91 Å². The number of likely N-dealkylation sites (tertiary alicyclic amines) is 1. The van der Waals surface area contributed by atoms with Crippen molar-refractivity contribution in [2.24, 2.45) is 5.92 Å². The number of fused-ring (bicyclic) bond motifs is 1. The molecule has 1 fully saturated rings. The van der Waals surface area contributed by atoms with E-state index in [2.05, 4.69) is 16.4 Å². The number of nitrogens with one attached hydrogen (secondary N) is 1. The molecule has 2 heterocycles. The maximum absolute atomic E-state index is 13.0. The second-order valence-corrected chi connectivity index (χ2v) is 8.05. The summed E-state index contributed by atoms with van der Waals surface area (Å²) in [4.78, 5) is 45.5. The fourth-order valence-corrected chi connectivity index (χ4v) is 4.05. The summed E-state index contributed by atoms with van der Waals surface area (Å²) in [5.41, 5.74) is 1.07. The molecular formula is C25H23N5O3. The van der Waals surface area contributed by atoms with Crippen LogP contribution < -0.4 is 5.32 Å². The molecule has 2 atom stereocenters. The zero-order valence-corrected chi connectivity index (χ0v) is 18.1. The average Bonchev–Trinajstić information content (AvgIpc) is 3.29. The van der Waals surface area contributed by atoms with Gasteiger partial charge in [0.2, 0.25) is 11.8 Å². The van der Waals surface area contributed by atoms with Crippen LogP contribution in [-0.4, -0.2) is 58.7 Å². The molecule has 8 nitrogen and oxygen atoms in total. The lowest BCUT2D eigenvalue weighted by molar-refractivity contribution is -0.131. The zero-order chi connectivity index (χ0) is 23.4. The van der Waals surface area contributed by atoms with Crippen LogP contribution in [0, 0.1) is 17.2 Å². The van der Waals surface area contributed by atoms with Crippen molar-refractivity contribution >= 4 is 34.2 Å². The molecule has 0 saturated carbocycles. The molecule has 0 radical (unpaired) electrons. The molecule has 1 aliphatic rings. The molecule has 0 bridgehead atoms. The zero-order valence-electron chi connectivity index (χ0n) is 18.1. The molecule has 1 N–H and O–H groups in total. The van der Waals surface area contributed by atoms with Crippen molar-refractivity contribution in [1.82, 2.24) is 14.8 Å². The topological polar surface area (TPSA) is 106 Å². The Labute approximate surface area is 191 Å². The molecular weight excluding hydrogens is 418 g/mol. The number of anilines is 1. The van der Waals surface area contributed by atoms with Crippen LogP contribution in [0.1, 0.15) is 16.8 Å². The van der Waals surface area contributed by atoms with E-state index in [9.17, 15) is 19.6 Å². The Morgan fingerprint density at radius 3 is 2.61 bits per heavy atom. The van der Waals surface area contributed by atoms with E-state index >= 15 is 0 Å². The Morgan fingerprint density at radius 1 is 1.12 bits per heavy atom. The maximum Gasteiger partial charge on any atom is 0.256 e. The van der Waals surface area contributed by atoms with E-state index in [-0.39, 0.29) is 37.2 Å². The Balaban J connectivity index is 1.43. The summed E-state index contributed by atoms with van der Waals surface area (Å²) < 4.78 is 0. The predicted octanol–water partition coefficient (Wildman–Crippen LogP) is 2.69. The second-order valence-electron chi connectivity index (χ2n) is 8.05. The first-order valence-corrected chi connectivity index (χ1v) is 10.6. The molecule has 1 saturated heterocycles. The fraction of sp³-hybridized carbons (Fsp3) is 0.240. The molecule has 33 heavy (non-hydrogen) atoms. The van der Waals surface area contributed by atoms with Gasteiger partial charge >= 0.3 is 0 Å². The molecule has 0 spiro atoms. The molecule has 3 aromatic rings. The van der Waals surface area contributed by atoms with Gasteiger partial charge < -0.3 is 15.1 Å². The lowest BCUT2D eigenvalue weighted by Gasteiger charge is -2.24. The van der Waals surface area contributed by atoms with E-state index in [4.69, 9.17) is 0 Å². The molecule has 0 aliphatic carbocycles. The summed E-state index contributed by atoms with van der Waals surface area (Å²) in [5.74, 6) is -1.44. The van der Waals surface area contributed by atoms with Gasteiger partial charge in [-0.05, 0) is 23.9 Å². The number of benzene rings is 2. The van der Waals surface area contributed by atoms with Gasteiger partial charge in [-0.2, -0.15) is 5.26 Å². The first kappa shape index (κ1) is 22.0. The smallest absolute Gasteiger partial charge is 0.256 e. The summed E-state index contributed by atoms with van der Waals surface area (Å²) in [6.45, 7) is -0.0686. The van der Waals surface area contributed by atoms with Crippen molar-refractivity contribution in [2.75, 3.05) is 25.5 Å². The second kappa shape index (κ2) is 9.49. The Kier molecular flexibility index (Phi) is 6.31. The molecule has 166 valence electrons. The molecule has 4 rings (SSSR count). The number of aromatic nitrogens is 1. The fourth-order valence-electron chi connectivity index (χ4n) is 4.05. The Morgan fingerprint density at radius 2 is 1.85 bits per heavy atom. The first-order valence-electron chi connectivity index (χ1n) is 10.6. The minimum Gasteiger partial charge on any atom is -0.332 e. The van der Waals surface area contributed by atoms with Gasteiger partial charge in [-0.25, -0.2) is 0 Å². The highest BCUT2D eigenvalue weighted by Crippen LogP contribution is 2.25. The van der Waals surface area contributed by atoms with Gasteiger partial charge in [0, 0.05) is 37.1 Å². The lowest BCUT2D eigenvalue weighted by atomic mass is 10.1. The molecule has 1 aromatic heterocycles. The van der Waals surface area contributed by atoms with Crippen LogP contribution in [0.15, 0.2) is 67.0 Å². The first-order chi connectivity index (χ1) is 16.0. The lowest BCUT2D eigenvalue weighted by Crippen LogP contribution is -2.43. The highest BCUT2D eigenvalue weighted by Gasteiger charge is 2.39. The summed E-state index contributed by atoms with van der Waals surface area (Å²) in [6, 6.07) is 17.8. The number of carbonyl (C=O) groups is 3. The van der Waals surface area contributed by atoms with Crippen LogP contribution in [0.2, 0.25) is 0 Å². The van der Waals surface area contributed by atoms with E-state index in [1.165, 1.54) is 16.0 Å². The SMILES string of the molecule is CN(CC(=O)N1CC(C(=O)Nc2ccccc2)CC1C#N)C(=O)c1cncc2ccccc12. The van der Waals surface area contributed by atoms with Crippen molar-refractivity contribution in [1.29, 1.82) is 5.26 Å². The predicted molar refractivity (Wildman–Crippen MR) is 123 cm³/mol. The molecule has 1 aliphatic heterocycles. The van der Waals surface area contributed by atoms with Gasteiger partial charge in [0.1, 0.15) is 6.04 Å². The van der Waals surface area contributed by atoms with Crippen LogP contribution in [0.3, 0.4) is 0 Å². The van der Waals surface area contributed by atoms with Crippen LogP contribution >= 0.6 is 0 Å². The van der Waals surface area contributed by atoms with Crippen LogP contribution in [0.4, 0.5) is 5.69 Å². The number of hydrogen-bond acceptors (Lipinski definition) is 5. The molecule has 3 amide bonds. The largest absolute Gasteiger partial charge is 0.332 e. The number of nitrogens with zero attached hydrogens (tertiary/aromatic N) is 4. The number of amides is 3. The van der Waals surface area contributed by atoms with E-state index in [1.54, 1.807) is 25.4 Å². The van der Waals surface area contributed by atoms with E-state index in [0.717, 1.165) is 10.8 Å². The third-order valence-corrected chi connectivity index (χ3v) is 5.80. The number of pyridine rings is 1. The number of hydrogen-bond donors (Lipinski definition) is 1. The highest BCUT2D eigenvalue weighted by molar-refractivity contribution is 6.07. The van der Waals surface area contributed by atoms with E-state index in [1.807, 2.05) is 42.5 Å². The normalized spacial score (nSPS) is 17.4. The van der Waals surface area contributed by atoms with Gasteiger partial charge in [-0.15, -0.1) is 0 Å². The number of para-hydroxylation sites is 1. The maximum atomic E-state index is 13.0. The Bertz CT molecular complexity index is 1230. The van der Waals surface area contributed by atoms with Gasteiger partial charge in [-0.3, -0.25) is 19.4 Å². The number of rotatable bonds is 5. The highest BCUT2D eigenvalue weighted by atomic mass is 16.2. The van der Waals surface area contributed by atoms with Gasteiger partial charge in [0.15, 0.2) is 0 Å². The van der Waals surface area contributed by atoms with Crippen LogP contribution in [0.5, 0.6) is 0 Å². The quantitative estimate of drug-likeness (QED) is 0.655. The third-order valence-electron chi connectivity index (χ3n) is 5.80. The molecule has 2 aromatic carbocycles. The van der Waals surface area contributed by atoms with Crippen LogP contribution in [-0.2, 0) is 9.59 Å². The number of carbonyl (C=O) groups excluding carboxylic acids is 3. The van der Waals surface area contributed by atoms with Crippen molar-refractivity contribution in [3.8, 4) is 6.07 Å².